The van der Waals surface area contributed by atoms with Crippen molar-refractivity contribution in [3.05, 3.63) is 0 Å². The van der Waals surface area contributed by atoms with Crippen LogP contribution in [-0.4, -0.2) is 56.5 Å². The molecule has 6 nitrogen and oxygen atoms in total. The van der Waals surface area contributed by atoms with Gasteiger partial charge in [-0.05, 0) is 0 Å². The number of esters is 1. The molecular weight excluding hydrogens is 204 g/mol. The summed E-state index contributed by atoms with van der Waals surface area (Å²) in [7, 11) is 2.97. The summed E-state index contributed by atoms with van der Waals surface area (Å²) < 4.78 is 20.2. The van der Waals surface area contributed by atoms with Gasteiger partial charge in [-0.3, -0.25) is 4.79 Å². The highest BCUT2D eigenvalue weighted by Gasteiger charge is 2.42. The summed E-state index contributed by atoms with van der Waals surface area (Å²) in [4.78, 5) is 10.8. The molecule has 1 heterocycles. The summed E-state index contributed by atoms with van der Waals surface area (Å²) in [6.45, 7) is 1.46. The number of hydrogen-bond donors (Lipinski definition) is 1. The molecule has 0 bridgehead atoms. The molecule has 1 saturated heterocycles. The SMILES string of the molecule is CO[C@@H]1[C@@H](OC(C)=O)[C@@H](O)OC[C@H]1OC. The number of carbonyl (C=O) groups excluding carboxylic acids is 1. The van der Waals surface area contributed by atoms with E-state index in [0.717, 1.165) is 0 Å². The number of aliphatic hydroxyl groups excluding tert-OH is 1. The largest absolute Gasteiger partial charge is 0.454 e. The zero-order valence-electron chi connectivity index (χ0n) is 9.00. The van der Waals surface area contributed by atoms with Crippen molar-refractivity contribution < 1.29 is 28.8 Å². The Morgan fingerprint density at radius 3 is 2.47 bits per heavy atom. The van der Waals surface area contributed by atoms with Crippen molar-refractivity contribution in [2.24, 2.45) is 0 Å². The molecule has 0 radical (unpaired) electrons. The van der Waals surface area contributed by atoms with Crippen LogP contribution in [0.1, 0.15) is 6.92 Å². The molecule has 0 aliphatic carbocycles. The third-order valence-corrected chi connectivity index (χ3v) is 2.28. The lowest BCUT2D eigenvalue weighted by atomic mass is 10.0. The maximum atomic E-state index is 10.8. The van der Waals surface area contributed by atoms with E-state index in [0.29, 0.717) is 0 Å². The van der Waals surface area contributed by atoms with Crippen molar-refractivity contribution in [2.75, 3.05) is 20.8 Å². The van der Waals surface area contributed by atoms with Gasteiger partial charge in [0.1, 0.15) is 12.2 Å². The molecule has 88 valence electrons. The van der Waals surface area contributed by atoms with Crippen molar-refractivity contribution in [1.82, 2.24) is 0 Å². The van der Waals surface area contributed by atoms with Gasteiger partial charge in [0.2, 0.25) is 0 Å². The monoisotopic (exact) mass is 220 g/mol. The molecule has 0 aromatic heterocycles. The summed E-state index contributed by atoms with van der Waals surface area (Å²) in [6, 6.07) is 0. The second-order valence-corrected chi connectivity index (χ2v) is 3.27. The van der Waals surface area contributed by atoms with Gasteiger partial charge in [-0.2, -0.15) is 0 Å². The molecular formula is C9H16O6. The van der Waals surface area contributed by atoms with Crippen molar-refractivity contribution in [2.45, 2.75) is 31.5 Å². The molecule has 0 spiro atoms. The van der Waals surface area contributed by atoms with Crippen LogP contribution in [0.2, 0.25) is 0 Å². The van der Waals surface area contributed by atoms with E-state index < -0.39 is 24.5 Å². The van der Waals surface area contributed by atoms with Crippen molar-refractivity contribution in [3.8, 4) is 0 Å². The number of rotatable bonds is 3. The predicted molar refractivity (Wildman–Crippen MR) is 49.1 cm³/mol. The Morgan fingerprint density at radius 1 is 1.33 bits per heavy atom. The Labute approximate surface area is 88.1 Å². The van der Waals surface area contributed by atoms with E-state index in [9.17, 15) is 9.90 Å². The van der Waals surface area contributed by atoms with Crippen LogP contribution in [0.4, 0.5) is 0 Å². The van der Waals surface area contributed by atoms with Gasteiger partial charge in [-0.25, -0.2) is 0 Å². The van der Waals surface area contributed by atoms with Crippen LogP contribution >= 0.6 is 0 Å². The number of carbonyl (C=O) groups is 1. The Morgan fingerprint density at radius 2 is 2.00 bits per heavy atom. The standard InChI is InChI=1S/C9H16O6/c1-5(10)15-8-7(13-3)6(12-2)4-14-9(8)11/h6-9,11H,4H2,1-3H3/t6-,7+,8-,9+/m1/s1. The van der Waals surface area contributed by atoms with Gasteiger partial charge >= 0.3 is 5.97 Å². The molecule has 0 saturated carbocycles. The van der Waals surface area contributed by atoms with Crippen LogP contribution in [0, 0.1) is 0 Å². The van der Waals surface area contributed by atoms with Gasteiger partial charge in [-0.1, -0.05) is 0 Å². The van der Waals surface area contributed by atoms with E-state index in [1.807, 2.05) is 0 Å². The molecule has 6 heteroatoms. The molecule has 1 rings (SSSR count). The normalized spacial score (nSPS) is 36.3. The van der Waals surface area contributed by atoms with Gasteiger partial charge in [0, 0.05) is 21.1 Å². The topological polar surface area (TPSA) is 74.2 Å². The highest BCUT2D eigenvalue weighted by molar-refractivity contribution is 5.66. The molecule has 0 aromatic carbocycles. The molecule has 15 heavy (non-hydrogen) atoms. The van der Waals surface area contributed by atoms with Crippen LogP contribution in [0.25, 0.3) is 0 Å². The number of hydrogen-bond acceptors (Lipinski definition) is 6. The smallest absolute Gasteiger partial charge is 0.303 e. The molecule has 0 unspecified atom stereocenters. The third kappa shape index (κ3) is 2.88. The Hall–Kier alpha value is -0.690. The Kier molecular flexibility index (Phi) is 4.46. The van der Waals surface area contributed by atoms with Crippen molar-refractivity contribution >= 4 is 5.97 Å². The first-order valence-corrected chi connectivity index (χ1v) is 4.62. The zero-order chi connectivity index (χ0) is 11.4. The fourth-order valence-electron chi connectivity index (χ4n) is 1.56. The second-order valence-electron chi connectivity index (χ2n) is 3.27. The maximum Gasteiger partial charge on any atom is 0.303 e. The molecule has 4 atom stereocenters. The fraction of sp³-hybridized carbons (Fsp3) is 0.889. The molecule has 1 aliphatic rings. The minimum Gasteiger partial charge on any atom is -0.454 e. The van der Waals surface area contributed by atoms with Gasteiger partial charge in [0.25, 0.3) is 0 Å². The van der Waals surface area contributed by atoms with Gasteiger partial charge in [0.15, 0.2) is 12.4 Å². The average molecular weight is 220 g/mol. The summed E-state index contributed by atoms with van der Waals surface area (Å²) in [5, 5.41) is 9.50. The fourth-order valence-corrected chi connectivity index (χ4v) is 1.56. The molecule has 1 N–H and O–H groups in total. The minimum atomic E-state index is -1.18. The quantitative estimate of drug-likeness (QED) is 0.634. The van der Waals surface area contributed by atoms with Crippen LogP contribution < -0.4 is 0 Å². The maximum absolute atomic E-state index is 10.8. The first-order chi connectivity index (χ1) is 7.10. The lowest BCUT2D eigenvalue weighted by Crippen LogP contribution is -2.55. The highest BCUT2D eigenvalue weighted by atomic mass is 16.7. The van der Waals surface area contributed by atoms with Crippen LogP contribution in [-0.2, 0) is 23.7 Å². The Balaban J connectivity index is 2.71. The lowest BCUT2D eigenvalue weighted by Gasteiger charge is -2.38. The first kappa shape index (κ1) is 12.4. The van der Waals surface area contributed by atoms with Crippen molar-refractivity contribution in [3.63, 3.8) is 0 Å². The van der Waals surface area contributed by atoms with E-state index in [1.54, 1.807) is 0 Å². The number of methoxy groups -OCH3 is 2. The molecule has 1 aliphatic heterocycles. The highest BCUT2D eigenvalue weighted by Crippen LogP contribution is 2.21. The van der Waals surface area contributed by atoms with Gasteiger partial charge < -0.3 is 24.1 Å². The summed E-state index contributed by atoms with van der Waals surface area (Å²) >= 11 is 0. The van der Waals surface area contributed by atoms with E-state index in [2.05, 4.69) is 0 Å². The number of aliphatic hydroxyl groups is 1. The van der Waals surface area contributed by atoms with Crippen molar-refractivity contribution in [1.29, 1.82) is 0 Å². The van der Waals surface area contributed by atoms with E-state index in [-0.39, 0.29) is 12.7 Å². The van der Waals surface area contributed by atoms with Crippen LogP contribution in [0.5, 0.6) is 0 Å². The van der Waals surface area contributed by atoms with E-state index >= 15 is 0 Å². The first-order valence-electron chi connectivity index (χ1n) is 4.62. The van der Waals surface area contributed by atoms with Crippen LogP contribution in [0.15, 0.2) is 0 Å². The van der Waals surface area contributed by atoms with Crippen LogP contribution in [0.3, 0.4) is 0 Å². The molecule has 1 fully saturated rings. The minimum absolute atomic E-state index is 0.202. The molecule has 0 aromatic rings. The zero-order valence-corrected chi connectivity index (χ0v) is 9.00. The van der Waals surface area contributed by atoms with Gasteiger partial charge in [0.05, 0.1) is 6.61 Å². The lowest BCUT2D eigenvalue weighted by molar-refractivity contribution is -0.267. The average Bonchev–Trinajstić information content (AvgIpc) is 2.20. The second kappa shape index (κ2) is 5.41. The summed E-state index contributed by atoms with van der Waals surface area (Å²) in [5.41, 5.74) is 0. The summed E-state index contributed by atoms with van der Waals surface area (Å²) in [6.07, 6.45) is -2.91. The summed E-state index contributed by atoms with van der Waals surface area (Å²) in [5.74, 6) is -0.499. The Bertz CT molecular complexity index is 219. The number of ether oxygens (including phenoxy) is 4. The predicted octanol–water partition coefficient (Wildman–Crippen LogP) is -0.703. The van der Waals surface area contributed by atoms with Gasteiger partial charge in [-0.15, -0.1) is 0 Å². The molecule has 0 amide bonds. The third-order valence-electron chi connectivity index (χ3n) is 2.28. The van der Waals surface area contributed by atoms with E-state index in [4.69, 9.17) is 18.9 Å². The van der Waals surface area contributed by atoms with E-state index in [1.165, 1.54) is 21.1 Å².